The fourth-order valence-corrected chi connectivity index (χ4v) is 6.17. The van der Waals surface area contributed by atoms with E-state index >= 15 is 0 Å². The van der Waals surface area contributed by atoms with Crippen molar-refractivity contribution >= 4 is 5.97 Å². The van der Waals surface area contributed by atoms with Crippen LogP contribution in [0, 0.1) is 5.92 Å². The normalized spacial score (nSPS) is 23.3. The summed E-state index contributed by atoms with van der Waals surface area (Å²) in [7, 11) is 0. The summed E-state index contributed by atoms with van der Waals surface area (Å²) >= 11 is 0. The van der Waals surface area contributed by atoms with E-state index in [2.05, 4.69) is 0 Å². The average Bonchev–Trinajstić information content (AvgIpc) is 2.94. The maximum absolute atomic E-state index is 13.7. The Hall–Kier alpha value is -3.16. The molecule has 1 atom stereocenters. The molecule has 4 nitrogen and oxygen atoms in total. The van der Waals surface area contributed by atoms with Crippen LogP contribution in [0.1, 0.15) is 41.5 Å². The number of nitrogens with zero attached hydrogens (tertiary/aromatic N) is 1. The number of fused-ring (bicyclic) bond motifs is 3. The Bertz CT molecular complexity index is 1200. The van der Waals surface area contributed by atoms with Gasteiger partial charge < -0.3 is 14.3 Å². The van der Waals surface area contributed by atoms with E-state index in [0.29, 0.717) is 29.7 Å². The second-order valence-electron chi connectivity index (χ2n) is 10.7. The van der Waals surface area contributed by atoms with Gasteiger partial charge in [0.2, 0.25) is 5.60 Å². The van der Waals surface area contributed by atoms with Gasteiger partial charge >= 0.3 is 12.1 Å². The van der Waals surface area contributed by atoms with E-state index in [1.54, 1.807) is 54.6 Å². The van der Waals surface area contributed by atoms with Crippen LogP contribution in [0.15, 0.2) is 84.9 Å². The number of halogens is 3. The van der Waals surface area contributed by atoms with Gasteiger partial charge in [-0.1, -0.05) is 78.9 Å². The summed E-state index contributed by atoms with van der Waals surface area (Å²) < 4.78 is 46.2. The van der Waals surface area contributed by atoms with Gasteiger partial charge in [-0.25, -0.2) is 4.79 Å². The summed E-state index contributed by atoms with van der Waals surface area (Å²) in [5.41, 5.74) is -0.922. The predicted molar refractivity (Wildman–Crippen MR) is 138 cm³/mol. The first-order valence-electron chi connectivity index (χ1n) is 13.3. The lowest BCUT2D eigenvalue weighted by Gasteiger charge is -2.52. The molecule has 1 unspecified atom stereocenters. The number of hydrogen-bond donors (Lipinski definition) is 1. The van der Waals surface area contributed by atoms with Crippen LogP contribution in [0.5, 0.6) is 0 Å². The van der Waals surface area contributed by atoms with Gasteiger partial charge in [-0.2, -0.15) is 13.2 Å². The molecule has 2 bridgehead atoms. The zero-order valence-corrected chi connectivity index (χ0v) is 21.2. The smallest absolute Gasteiger partial charge is 0.416 e. The second kappa shape index (κ2) is 10.5. The van der Waals surface area contributed by atoms with Gasteiger partial charge in [0.15, 0.2) is 6.10 Å². The Morgan fingerprint density at radius 1 is 0.868 bits per heavy atom. The Kier molecular flexibility index (Phi) is 7.34. The van der Waals surface area contributed by atoms with E-state index in [0.717, 1.165) is 49.4 Å². The van der Waals surface area contributed by atoms with Crippen molar-refractivity contribution in [1.82, 2.24) is 0 Å². The minimum absolute atomic E-state index is 0.248. The molecule has 0 radical (unpaired) electrons. The molecule has 0 amide bonds. The van der Waals surface area contributed by atoms with Crippen molar-refractivity contribution in [2.24, 2.45) is 5.92 Å². The zero-order valence-electron chi connectivity index (χ0n) is 21.2. The van der Waals surface area contributed by atoms with Gasteiger partial charge in [0, 0.05) is 25.2 Å². The van der Waals surface area contributed by atoms with Crippen LogP contribution in [0.4, 0.5) is 13.2 Å². The Morgan fingerprint density at radius 3 is 2.03 bits per heavy atom. The van der Waals surface area contributed by atoms with Crippen molar-refractivity contribution in [1.29, 1.82) is 0 Å². The molecule has 7 heteroatoms. The van der Waals surface area contributed by atoms with E-state index in [-0.39, 0.29) is 12.0 Å². The fraction of sp³-hybridized carbons (Fsp3) is 0.387. The fourth-order valence-electron chi connectivity index (χ4n) is 6.17. The van der Waals surface area contributed by atoms with Crippen LogP contribution in [-0.2, 0) is 27.7 Å². The van der Waals surface area contributed by atoms with Crippen LogP contribution < -0.4 is 0 Å². The number of aryl methyl sites for hydroxylation is 1. The highest BCUT2D eigenvalue weighted by Gasteiger charge is 2.50. The van der Waals surface area contributed by atoms with Crippen molar-refractivity contribution < 1.29 is 32.3 Å². The second-order valence-corrected chi connectivity index (χ2v) is 10.7. The maximum atomic E-state index is 13.7. The molecule has 3 aromatic carbocycles. The third-order valence-corrected chi connectivity index (χ3v) is 8.33. The molecule has 3 aliphatic rings. The molecule has 200 valence electrons. The molecule has 0 aromatic heterocycles. The third-order valence-electron chi connectivity index (χ3n) is 8.33. The molecule has 0 saturated carbocycles. The van der Waals surface area contributed by atoms with Gasteiger partial charge in [-0.15, -0.1) is 0 Å². The monoisotopic (exact) mass is 524 g/mol. The predicted octanol–water partition coefficient (Wildman–Crippen LogP) is 5.73. The summed E-state index contributed by atoms with van der Waals surface area (Å²) in [5, 5.41) is 11.8. The molecule has 3 fully saturated rings. The summed E-state index contributed by atoms with van der Waals surface area (Å²) in [6, 6.07) is 23.3. The Morgan fingerprint density at radius 2 is 1.45 bits per heavy atom. The minimum Gasteiger partial charge on any atom is -0.453 e. The van der Waals surface area contributed by atoms with Crippen molar-refractivity contribution in [3.63, 3.8) is 0 Å². The molecular weight excluding hydrogens is 491 g/mol. The number of carbonyl (C=O) groups excluding carboxylic acids is 1. The lowest BCUT2D eigenvalue weighted by molar-refractivity contribution is -0.946. The molecular formula is C31H33F3NO3+. The van der Waals surface area contributed by atoms with E-state index in [1.807, 2.05) is 12.1 Å². The van der Waals surface area contributed by atoms with Gasteiger partial charge in [0.05, 0.1) is 25.2 Å². The molecule has 3 saturated heterocycles. The van der Waals surface area contributed by atoms with E-state index in [4.69, 9.17) is 4.74 Å². The quantitative estimate of drug-likeness (QED) is 0.303. The Labute approximate surface area is 221 Å². The molecule has 3 heterocycles. The van der Waals surface area contributed by atoms with Crippen molar-refractivity contribution in [2.75, 3.05) is 26.2 Å². The summed E-state index contributed by atoms with van der Waals surface area (Å²) in [5.74, 6) is -0.422. The number of carbonyl (C=O) groups is 1. The number of quaternary nitrogens is 1. The molecule has 1 N–H and O–H groups in total. The lowest BCUT2D eigenvalue weighted by atomic mass is 9.82. The van der Waals surface area contributed by atoms with Crippen LogP contribution in [0.2, 0.25) is 0 Å². The van der Waals surface area contributed by atoms with Crippen LogP contribution >= 0.6 is 0 Å². The standard InChI is InChI=1S/C31H33F3NO3/c32-31(33,34)27-15-7-9-23(21-27)10-8-18-35-19-16-24(17-20-35)28(22-35)38-29(36)30(37,25-11-3-1-4-12-25)26-13-5-2-6-14-26/h1-7,9,11-15,21,24,28,37H,8,10,16-20,22H2/q+1. The van der Waals surface area contributed by atoms with Crippen LogP contribution in [0.25, 0.3) is 0 Å². The number of ether oxygens (including phenoxy) is 1. The van der Waals surface area contributed by atoms with Gasteiger partial charge in [-0.05, 0) is 29.2 Å². The van der Waals surface area contributed by atoms with E-state index < -0.39 is 23.3 Å². The maximum Gasteiger partial charge on any atom is 0.416 e. The van der Waals surface area contributed by atoms with Gasteiger partial charge in [0.25, 0.3) is 0 Å². The Balaban J connectivity index is 1.28. The lowest BCUT2D eigenvalue weighted by Crippen LogP contribution is -2.65. The molecule has 6 rings (SSSR count). The number of aliphatic hydroxyl groups is 1. The van der Waals surface area contributed by atoms with Crippen LogP contribution in [-0.4, -0.2) is 47.8 Å². The highest BCUT2D eigenvalue weighted by Crippen LogP contribution is 2.38. The van der Waals surface area contributed by atoms with Crippen molar-refractivity contribution in [3.8, 4) is 0 Å². The molecule has 0 spiro atoms. The number of esters is 1. The van der Waals surface area contributed by atoms with Crippen molar-refractivity contribution in [2.45, 2.75) is 43.6 Å². The van der Waals surface area contributed by atoms with Gasteiger partial charge in [0.1, 0.15) is 6.54 Å². The average molecular weight is 525 g/mol. The first-order valence-corrected chi connectivity index (χ1v) is 13.3. The molecule has 38 heavy (non-hydrogen) atoms. The topological polar surface area (TPSA) is 46.5 Å². The number of rotatable bonds is 8. The molecule has 0 aliphatic carbocycles. The highest BCUT2D eigenvalue weighted by atomic mass is 19.4. The molecule has 3 aromatic rings. The largest absolute Gasteiger partial charge is 0.453 e. The number of hydrogen-bond acceptors (Lipinski definition) is 3. The zero-order chi connectivity index (χ0) is 26.8. The number of piperidine rings is 3. The summed E-state index contributed by atoms with van der Waals surface area (Å²) in [6.45, 7) is 3.43. The van der Waals surface area contributed by atoms with Crippen LogP contribution in [0.3, 0.4) is 0 Å². The van der Waals surface area contributed by atoms with Crippen molar-refractivity contribution in [3.05, 3.63) is 107 Å². The minimum atomic E-state index is -4.34. The third kappa shape index (κ3) is 5.36. The summed E-state index contributed by atoms with van der Waals surface area (Å²) in [4.78, 5) is 13.7. The molecule has 3 aliphatic heterocycles. The number of benzene rings is 3. The number of alkyl halides is 3. The van der Waals surface area contributed by atoms with E-state index in [1.165, 1.54) is 12.1 Å². The van der Waals surface area contributed by atoms with Gasteiger partial charge in [-0.3, -0.25) is 0 Å². The highest BCUT2D eigenvalue weighted by molar-refractivity contribution is 5.85. The summed E-state index contributed by atoms with van der Waals surface area (Å²) in [6.07, 6.45) is -1.47. The van der Waals surface area contributed by atoms with E-state index in [9.17, 15) is 23.1 Å². The SMILES string of the molecule is O=C(OC1C[N+]2(CCCc3cccc(C(F)(F)F)c3)CCC1CC2)C(O)(c1ccccc1)c1ccccc1. The first kappa shape index (κ1) is 26.4. The first-order chi connectivity index (χ1) is 18.2.